The normalized spacial score (nSPS) is 21.0. The molecule has 238 valence electrons. The highest BCUT2D eigenvalue weighted by Gasteiger charge is 2.51. The zero-order chi connectivity index (χ0) is 32.1. The molecule has 6 heterocycles. The van der Waals surface area contributed by atoms with Crippen molar-refractivity contribution in [2.75, 3.05) is 44.2 Å². The Morgan fingerprint density at radius 2 is 1.83 bits per heavy atom. The Kier molecular flexibility index (Phi) is 7.28. The first-order valence-corrected chi connectivity index (χ1v) is 16.1. The van der Waals surface area contributed by atoms with Gasteiger partial charge in [-0.15, -0.1) is 0 Å². The van der Waals surface area contributed by atoms with E-state index < -0.39 is 11.2 Å². The van der Waals surface area contributed by atoms with Gasteiger partial charge in [-0.05, 0) is 60.7 Å². The molecule has 11 heteroatoms. The van der Waals surface area contributed by atoms with Gasteiger partial charge < -0.3 is 9.80 Å². The third kappa shape index (κ3) is 5.34. The molecular weight excluding hydrogens is 595 g/mol. The van der Waals surface area contributed by atoms with Gasteiger partial charge >= 0.3 is 0 Å². The van der Waals surface area contributed by atoms with Crippen molar-refractivity contribution in [3.8, 4) is 11.4 Å². The van der Waals surface area contributed by atoms with Gasteiger partial charge in [0.2, 0.25) is 11.8 Å². The quantitative estimate of drug-likeness (QED) is 0.318. The lowest BCUT2D eigenvalue weighted by atomic mass is 9.85. The number of amides is 2. The third-order valence-electron chi connectivity index (χ3n) is 10.1. The van der Waals surface area contributed by atoms with Crippen molar-refractivity contribution >= 4 is 28.8 Å². The largest absolute Gasteiger partial charge is 0.338 e. The van der Waals surface area contributed by atoms with E-state index in [0.29, 0.717) is 56.4 Å². The Hall–Kier alpha value is -5.03. The molecule has 2 amide bonds. The van der Waals surface area contributed by atoms with Crippen LogP contribution in [0.2, 0.25) is 0 Å². The van der Waals surface area contributed by atoms with Gasteiger partial charge in [-0.25, -0.2) is 9.37 Å². The highest BCUT2D eigenvalue weighted by molar-refractivity contribution is 6.16. The molecule has 2 aromatic carbocycles. The van der Waals surface area contributed by atoms with Gasteiger partial charge in [-0.3, -0.25) is 29.1 Å². The van der Waals surface area contributed by atoms with Gasteiger partial charge in [-0.1, -0.05) is 36.4 Å². The van der Waals surface area contributed by atoms with Crippen LogP contribution in [0.3, 0.4) is 0 Å². The molecule has 0 saturated carbocycles. The Morgan fingerprint density at radius 1 is 1.00 bits per heavy atom. The van der Waals surface area contributed by atoms with E-state index in [1.165, 1.54) is 11.8 Å². The minimum Gasteiger partial charge on any atom is -0.338 e. The molecule has 8 rings (SSSR count). The number of likely N-dealkylation sites (tertiary alicyclic amines) is 1. The molecule has 2 fully saturated rings. The predicted molar refractivity (Wildman–Crippen MR) is 176 cm³/mol. The number of aliphatic imine (C=N–C) groups is 1. The van der Waals surface area contributed by atoms with Crippen molar-refractivity contribution in [3.63, 3.8) is 0 Å². The average Bonchev–Trinajstić information content (AvgIpc) is 3.89. The maximum absolute atomic E-state index is 14.5. The summed E-state index contributed by atoms with van der Waals surface area (Å²) in [5.41, 5.74) is 6.58. The Labute approximate surface area is 272 Å². The van der Waals surface area contributed by atoms with E-state index in [-0.39, 0.29) is 11.8 Å². The van der Waals surface area contributed by atoms with Gasteiger partial charge in [0.15, 0.2) is 11.6 Å². The molecule has 10 nitrogen and oxygen atoms in total. The highest BCUT2D eigenvalue weighted by Crippen LogP contribution is 2.43. The number of benzene rings is 2. The number of halogens is 1. The number of rotatable bonds is 6. The zero-order valence-electron chi connectivity index (χ0n) is 26.3. The first-order valence-electron chi connectivity index (χ1n) is 16.1. The van der Waals surface area contributed by atoms with Crippen LogP contribution in [0.5, 0.6) is 0 Å². The number of aryl methyl sites for hydroxylation is 1. The molecule has 0 aliphatic carbocycles. The molecule has 1 atom stereocenters. The molecule has 0 bridgehead atoms. The number of anilines is 1. The first-order chi connectivity index (χ1) is 22.9. The summed E-state index contributed by atoms with van der Waals surface area (Å²) in [5.74, 6) is 0.502. The lowest BCUT2D eigenvalue weighted by Gasteiger charge is -2.29. The minimum atomic E-state index is -0.487. The monoisotopic (exact) mass is 630 g/mol. The van der Waals surface area contributed by atoms with E-state index in [9.17, 15) is 14.0 Å². The standard InChI is InChI=1S/C36H35FN8O2/c1-42-23-40-34(41-42)26-4-2-24(3-5-26)25-9-14-44(15-10-25)32(46)21-43-16-11-36(22-43)12-17-45(35(36)47)28-7-6-27-19-39-33(30(27)18-28)29-8-13-38-20-31(29)37/h2-9,13,18,20,23H,10-12,14-17,19,21-22H2,1H3/t36-/m0/s1. The molecule has 0 unspecified atom stereocenters. The van der Waals surface area contributed by atoms with Gasteiger partial charge in [0, 0.05) is 61.8 Å². The lowest BCUT2D eigenvalue weighted by molar-refractivity contribution is -0.132. The minimum absolute atomic E-state index is 0.102. The van der Waals surface area contributed by atoms with E-state index >= 15 is 0 Å². The Balaban J connectivity index is 0.887. The Morgan fingerprint density at radius 3 is 2.60 bits per heavy atom. The van der Waals surface area contributed by atoms with Crippen molar-refractivity contribution in [2.45, 2.75) is 25.8 Å². The predicted octanol–water partition coefficient (Wildman–Crippen LogP) is 4.11. The SMILES string of the molecule is Cn1cnc(-c2ccc(C3=CCN(C(=O)CN4CC[C@]5(CCN(c6ccc7c(c6)C(c6ccncc6F)=NC7)C5=O)C4)CC3)cc2)n1. The number of pyridine rings is 1. The van der Waals surface area contributed by atoms with E-state index in [1.54, 1.807) is 23.3 Å². The number of fused-ring (bicyclic) bond motifs is 1. The molecule has 2 saturated heterocycles. The van der Waals surface area contributed by atoms with Crippen LogP contribution in [0.25, 0.3) is 17.0 Å². The molecule has 4 aliphatic rings. The van der Waals surface area contributed by atoms with Crippen molar-refractivity contribution in [2.24, 2.45) is 17.5 Å². The number of aromatic nitrogens is 4. The van der Waals surface area contributed by atoms with Crippen LogP contribution in [-0.4, -0.2) is 86.3 Å². The first kappa shape index (κ1) is 29.4. The van der Waals surface area contributed by atoms with Crippen LogP contribution >= 0.6 is 0 Å². The second kappa shape index (κ2) is 11.6. The second-order valence-corrected chi connectivity index (χ2v) is 12.9. The van der Waals surface area contributed by atoms with Crippen LogP contribution in [0.4, 0.5) is 10.1 Å². The molecule has 0 N–H and O–H groups in total. The van der Waals surface area contributed by atoms with Crippen LogP contribution in [-0.2, 0) is 23.2 Å². The fraction of sp³-hybridized carbons (Fsp3) is 0.333. The average molecular weight is 631 g/mol. The van der Waals surface area contributed by atoms with Crippen molar-refractivity contribution in [1.82, 2.24) is 29.5 Å². The molecular formula is C36H35FN8O2. The smallest absolute Gasteiger partial charge is 0.237 e. The van der Waals surface area contributed by atoms with Gasteiger partial charge in [0.1, 0.15) is 6.33 Å². The summed E-state index contributed by atoms with van der Waals surface area (Å²) in [6.45, 7) is 3.98. The van der Waals surface area contributed by atoms with Crippen molar-refractivity contribution in [1.29, 1.82) is 0 Å². The van der Waals surface area contributed by atoms with E-state index in [1.807, 2.05) is 47.2 Å². The molecule has 0 radical (unpaired) electrons. The zero-order valence-corrected chi connectivity index (χ0v) is 26.3. The summed E-state index contributed by atoms with van der Waals surface area (Å²) in [5, 5.41) is 4.37. The summed E-state index contributed by atoms with van der Waals surface area (Å²) in [7, 11) is 1.85. The maximum atomic E-state index is 14.5. The number of nitrogens with zero attached hydrogens (tertiary/aromatic N) is 8. The second-order valence-electron chi connectivity index (χ2n) is 12.9. The topological polar surface area (TPSA) is 99.8 Å². The highest BCUT2D eigenvalue weighted by atomic mass is 19.1. The number of carbonyl (C=O) groups excluding carboxylic acids is 2. The van der Waals surface area contributed by atoms with E-state index in [2.05, 4.69) is 43.2 Å². The molecule has 4 aromatic rings. The Bertz CT molecular complexity index is 1950. The maximum Gasteiger partial charge on any atom is 0.237 e. The molecule has 4 aliphatic heterocycles. The summed E-state index contributed by atoms with van der Waals surface area (Å²) in [6.07, 6.45) is 8.89. The van der Waals surface area contributed by atoms with Crippen LogP contribution < -0.4 is 4.90 Å². The van der Waals surface area contributed by atoms with Gasteiger partial charge in [0.05, 0.1) is 30.4 Å². The third-order valence-corrected chi connectivity index (χ3v) is 10.1. The lowest BCUT2D eigenvalue weighted by Crippen LogP contribution is -2.43. The fourth-order valence-corrected chi connectivity index (χ4v) is 7.43. The van der Waals surface area contributed by atoms with E-state index in [0.717, 1.165) is 53.7 Å². The van der Waals surface area contributed by atoms with Crippen molar-refractivity contribution < 1.29 is 14.0 Å². The van der Waals surface area contributed by atoms with Gasteiger partial charge in [0.25, 0.3) is 0 Å². The number of carbonyl (C=O) groups is 2. The number of hydrogen-bond acceptors (Lipinski definition) is 7. The summed E-state index contributed by atoms with van der Waals surface area (Å²) < 4.78 is 16.2. The van der Waals surface area contributed by atoms with E-state index in [4.69, 9.17) is 0 Å². The summed E-state index contributed by atoms with van der Waals surface area (Å²) in [6, 6.07) is 15.8. The fourth-order valence-electron chi connectivity index (χ4n) is 7.43. The molecule has 1 spiro atoms. The molecule has 47 heavy (non-hydrogen) atoms. The number of hydrogen-bond donors (Lipinski definition) is 0. The molecule has 2 aromatic heterocycles. The van der Waals surface area contributed by atoms with Crippen LogP contribution in [0.1, 0.15) is 41.5 Å². The summed E-state index contributed by atoms with van der Waals surface area (Å²) in [4.78, 5) is 46.0. The van der Waals surface area contributed by atoms with Crippen molar-refractivity contribution in [3.05, 3.63) is 101 Å². The summed E-state index contributed by atoms with van der Waals surface area (Å²) >= 11 is 0. The van der Waals surface area contributed by atoms with Crippen LogP contribution in [0, 0.1) is 11.2 Å². The van der Waals surface area contributed by atoms with Crippen LogP contribution in [0.15, 0.2) is 78.3 Å². The van der Waals surface area contributed by atoms with Gasteiger partial charge in [-0.2, -0.15) is 5.10 Å².